The summed E-state index contributed by atoms with van der Waals surface area (Å²) in [4.78, 5) is 25.0. The van der Waals surface area contributed by atoms with Gasteiger partial charge in [-0.05, 0) is 17.7 Å². The van der Waals surface area contributed by atoms with E-state index < -0.39 is 0 Å². The van der Waals surface area contributed by atoms with Crippen molar-refractivity contribution in [1.29, 1.82) is 0 Å². The molecule has 1 aliphatic rings. The number of carbonyl (C=O) groups excluding carboxylic acids is 2. The van der Waals surface area contributed by atoms with Crippen molar-refractivity contribution in [1.82, 2.24) is 0 Å². The van der Waals surface area contributed by atoms with Gasteiger partial charge < -0.3 is 5.73 Å². The van der Waals surface area contributed by atoms with Gasteiger partial charge in [0.2, 0.25) is 11.8 Å². The molecule has 4 heteroatoms. The quantitative estimate of drug-likeness (QED) is 0.843. The van der Waals surface area contributed by atoms with Crippen LogP contribution in [-0.4, -0.2) is 18.4 Å². The van der Waals surface area contributed by atoms with Gasteiger partial charge in [-0.2, -0.15) is 0 Å². The van der Waals surface area contributed by atoms with Crippen LogP contribution in [0.3, 0.4) is 0 Å². The van der Waals surface area contributed by atoms with Gasteiger partial charge >= 0.3 is 0 Å². The Morgan fingerprint density at radius 2 is 1.84 bits per heavy atom. The summed E-state index contributed by atoms with van der Waals surface area (Å²) in [6, 6.07) is 7.51. The Labute approximate surface area is 113 Å². The number of nitrogens with two attached hydrogens (primary N) is 1. The minimum absolute atomic E-state index is 0.106. The van der Waals surface area contributed by atoms with E-state index in [1.165, 1.54) is 4.90 Å². The molecule has 1 aromatic carbocycles. The molecule has 0 spiro atoms. The zero-order chi connectivity index (χ0) is 14.2. The lowest BCUT2D eigenvalue weighted by Gasteiger charge is -2.24. The first kappa shape index (κ1) is 13.7. The zero-order valence-corrected chi connectivity index (χ0v) is 11.6. The molecule has 1 saturated heterocycles. The molecule has 2 N–H and O–H groups in total. The standard InChI is InChI=1S/C15H20N2O2/c1-10-8-13(18)17(14(10)19)12-6-4-11(5-7-12)15(2,3)9-16/h4-7,10H,8-9,16H2,1-3H3. The molecule has 0 saturated carbocycles. The van der Waals surface area contributed by atoms with Crippen LogP contribution in [-0.2, 0) is 15.0 Å². The molecule has 1 unspecified atom stereocenters. The summed E-state index contributed by atoms with van der Waals surface area (Å²) >= 11 is 0. The van der Waals surface area contributed by atoms with Gasteiger partial charge in [0, 0.05) is 24.3 Å². The van der Waals surface area contributed by atoms with Crippen LogP contribution in [0, 0.1) is 5.92 Å². The van der Waals surface area contributed by atoms with Crippen molar-refractivity contribution in [2.24, 2.45) is 11.7 Å². The van der Waals surface area contributed by atoms with Gasteiger partial charge in [-0.15, -0.1) is 0 Å². The minimum Gasteiger partial charge on any atom is -0.330 e. The molecular weight excluding hydrogens is 240 g/mol. The maximum absolute atomic E-state index is 11.9. The molecule has 0 radical (unpaired) electrons. The Morgan fingerprint density at radius 1 is 1.26 bits per heavy atom. The lowest BCUT2D eigenvalue weighted by atomic mass is 9.85. The molecular formula is C15H20N2O2. The SMILES string of the molecule is CC1CC(=O)N(c2ccc(C(C)(C)CN)cc2)C1=O. The highest BCUT2D eigenvalue weighted by atomic mass is 16.2. The highest BCUT2D eigenvalue weighted by Crippen LogP contribution is 2.29. The van der Waals surface area contributed by atoms with Crippen LogP contribution in [0.15, 0.2) is 24.3 Å². The molecule has 1 aromatic rings. The highest BCUT2D eigenvalue weighted by Gasteiger charge is 2.36. The lowest BCUT2D eigenvalue weighted by molar-refractivity contribution is -0.122. The average Bonchev–Trinajstić information content (AvgIpc) is 2.63. The number of benzene rings is 1. The summed E-state index contributed by atoms with van der Waals surface area (Å²) in [5.41, 5.74) is 7.39. The molecule has 19 heavy (non-hydrogen) atoms. The third-order valence-corrected chi connectivity index (χ3v) is 3.79. The van der Waals surface area contributed by atoms with E-state index in [2.05, 4.69) is 13.8 Å². The monoisotopic (exact) mass is 260 g/mol. The molecule has 1 atom stereocenters. The molecule has 0 aromatic heterocycles. The van der Waals surface area contributed by atoms with E-state index in [0.29, 0.717) is 18.7 Å². The Kier molecular flexibility index (Phi) is 3.45. The van der Waals surface area contributed by atoms with Crippen LogP contribution in [0.25, 0.3) is 0 Å². The third-order valence-electron chi connectivity index (χ3n) is 3.79. The van der Waals surface area contributed by atoms with Gasteiger partial charge in [-0.25, -0.2) is 0 Å². The van der Waals surface area contributed by atoms with Crippen molar-refractivity contribution >= 4 is 17.5 Å². The van der Waals surface area contributed by atoms with Crippen LogP contribution in [0.4, 0.5) is 5.69 Å². The molecule has 0 bridgehead atoms. The topological polar surface area (TPSA) is 63.4 Å². The van der Waals surface area contributed by atoms with Gasteiger partial charge in [0.1, 0.15) is 0 Å². The van der Waals surface area contributed by atoms with E-state index in [9.17, 15) is 9.59 Å². The predicted molar refractivity (Wildman–Crippen MR) is 74.8 cm³/mol. The Hall–Kier alpha value is -1.68. The number of nitrogens with zero attached hydrogens (tertiary/aromatic N) is 1. The van der Waals surface area contributed by atoms with Gasteiger partial charge in [0.05, 0.1) is 5.69 Å². The fourth-order valence-electron chi connectivity index (χ4n) is 2.23. The highest BCUT2D eigenvalue weighted by molar-refractivity contribution is 6.20. The maximum atomic E-state index is 11.9. The largest absolute Gasteiger partial charge is 0.330 e. The van der Waals surface area contributed by atoms with E-state index in [1.54, 1.807) is 6.92 Å². The smallest absolute Gasteiger partial charge is 0.237 e. The Morgan fingerprint density at radius 3 is 2.26 bits per heavy atom. The van der Waals surface area contributed by atoms with E-state index >= 15 is 0 Å². The number of anilines is 1. The summed E-state index contributed by atoms with van der Waals surface area (Å²) in [5, 5.41) is 0. The van der Waals surface area contributed by atoms with Crippen molar-refractivity contribution in [2.45, 2.75) is 32.6 Å². The van der Waals surface area contributed by atoms with Crippen LogP contribution in [0.2, 0.25) is 0 Å². The van der Waals surface area contributed by atoms with Crippen molar-refractivity contribution in [3.8, 4) is 0 Å². The van der Waals surface area contributed by atoms with E-state index in [4.69, 9.17) is 5.73 Å². The van der Waals surface area contributed by atoms with E-state index in [0.717, 1.165) is 5.56 Å². The summed E-state index contributed by atoms with van der Waals surface area (Å²) in [6.45, 7) is 6.46. The molecule has 1 fully saturated rings. The summed E-state index contributed by atoms with van der Waals surface area (Å²) in [7, 11) is 0. The van der Waals surface area contributed by atoms with Crippen LogP contribution in [0.5, 0.6) is 0 Å². The number of rotatable bonds is 3. The van der Waals surface area contributed by atoms with Crippen molar-refractivity contribution in [2.75, 3.05) is 11.4 Å². The Bertz CT molecular complexity index is 505. The fraction of sp³-hybridized carbons (Fsp3) is 0.467. The third kappa shape index (κ3) is 2.40. The Balaban J connectivity index is 2.29. The van der Waals surface area contributed by atoms with Crippen molar-refractivity contribution < 1.29 is 9.59 Å². The zero-order valence-electron chi connectivity index (χ0n) is 11.6. The van der Waals surface area contributed by atoms with Gasteiger partial charge in [-0.3, -0.25) is 14.5 Å². The molecule has 0 aliphatic carbocycles. The normalized spacial score (nSPS) is 20.2. The number of amides is 2. The van der Waals surface area contributed by atoms with Crippen molar-refractivity contribution in [3.05, 3.63) is 29.8 Å². The molecule has 102 valence electrons. The summed E-state index contributed by atoms with van der Waals surface area (Å²) in [5.74, 6) is -0.452. The predicted octanol–water partition coefficient (Wildman–Crippen LogP) is 1.82. The number of imide groups is 1. The van der Waals surface area contributed by atoms with Crippen LogP contribution >= 0.6 is 0 Å². The molecule has 1 heterocycles. The lowest BCUT2D eigenvalue weighted by Crippen LogP contribution is -2.30. The number of hydrogen-bond donors (Lipinski definition) is 1. The molecule has 2 rings (SSSR count). The van der Waals surface area contributed by atoms with E-state index in [1.807, 2.05) is 24.3 Å². The summed E-state index contributed by atoms with van der Waals surface area (Å²) < 4.78 is 0. The first-order chi connectivity index (χ1) is 8.86. The molecule has 2 amide bonds. The van der Waals surface area contributed by atoms with Gasteiger partial charge in [-0.1, -0.05) is 32.9 Å². The van der Waals surface area contributed by atoms with Crippen LogP contribution < -0.4 is 10.6 Å². The van der Waals surface area contributed by atoms with Crippen molar-refractivity contribution in [3.63, 3.8) is 0 Å². The first-order valence-corrected chi connectivity index (χ1v) is 6.54. The second kappa shape index (κ2) is 4.78. The summed E-state index contributed by atoms with van der Waals surface area (Å²) in [6.07, 6.45) is 0.300. The van der Waals surface area contributed by atoms with Crippen LogP contribution in [0.1, 0.15) is 32.8 Å². The second-order valence-electron chi connectivity index (χ2n) is 5.81. The fourth-order valence-corrected chi connectivity index (χ4v) is 2.23. The average molecular weight is 260 g/mol. The maximum Gasteiger partial charge on any atom is 0.237 e. The second-order valence-corrected chi connectivity index (χ2v) is 5.81. The van der Waals surface area contributed by atoms with Gasteiger partial charge in [0.25, 0.3) is 0 Å². The first-order valence-electron chi connectivity index (χ1n) is 6.54. The molecule has 1 aliphatic heterocycles. The van der Waals surface area contributed by atoms with Gasteiger partial charge in [0.15, 0.2) is 0 Å². The van der Waals surface area contributed by atoms with E-state index in [-0.39, 0.29) is 23.1 Å². The number of hydrogen-bond acceptors (Lipinski definition) is 3. The minimum atomic E-state index is -0.215. The number of carbonyl (C=O) groups is 2. The molecule has 4 nitrogen and oxygen atoms in total.